The van der Waals surface area contributed by atoms with Crippen molar-refractivity contribution in [1.82, 2.24) is 0 Å². The van der Waals surface area contributed by atoms with E-state index >= 15 is 0 Å². The fourth-order valence-electron chi connectivity index (χ4n) is 0.548. The maximum absolute atomic E-state index is 10.5. The van der Waals surface area contributed by atoms with E-state index in [1.807, 2.05) is 0 Å². The third kappa shape index (κ3) is 9.95. The molecular weight excluding hydrogens is 149 g/mol. The van der Waals surface area contributed by atoms with Gasteiger partial charge in [0.2, 0.25) is 0 Å². The molecule has 0 aromatic heterocycles. The molecule has 0 heterocycles. The van der Waals surface area contributed by atoms with Crippen LogP contribution in [0, 0.1) is 0 Å². The Labute approximate surface area is 90.0 Å². The maximum atomic E-state index is 10.5. The normalized spacial score (nSPS) is 12.2. The zero-order chi connectivity index (χ0) is 7.98. The number of rotatable bonds is 3. The molecule has 0 aliphatic rings. The predicted octanol–water partition coefficient (Wildman–Crippen LogP) is -2.10. The Morgan fingerprint density at radius 3 is 2.45 bits per heavy atom. The van der Waals surface area contributed by atoms with E-state index in [9.17, 15) is 5.11 Å². The summed E-state index contributed by atoms with van der Waals surface area (Å²) in [7, 11) is 0. The van der Waals surface area contributed by atoms with Crippen molar-refractivity contribution in [3.63, 3.8) is 0 Å². The van der Waals surface area contributed by atoms with Gasteiger partial charge in [-0.3, -0.25) is 4.99 Å². The summed E-state index contributed by atoms with van der Waals surface area (Å²) < 4.78 is 0. The van der Waals surface area contributed by atoms with Gasteiger partial charge in [0.25, 0.3) is 0 Å². The monoisotopic (exact) mass is 161 g/mol. The van der Waals surface area contributed by atoms with Crippen molar-refractivity contribution in [2.45, 2.75) is 13.8 Å². The number of hydrogen-bond donors (Lipinski definition) is 0. The molecule has 0 radical (unpaired) electrons. The molecule has 0 amide bonds. The molecule has 0 saturated heterocycles. The molecule has 0 saturated carbocycles. The van der Waals surface area contributed by atoms with Crippen LogP contribution in [0.3, 0.4) is 0 Å². The van der Waals surface area contributed by atoms with E-state index in [1.165, 1.54) is 13.0 Å². The largest absolute Gasteiger partial charge is 1.00 e. The second-order valence-electron chi connectivity index (χ2n) is 2.03. The first-order valence-electron chi connectivity index (χ1n) is 3.14. The van der Waals surface area contributed by atoms with Crippen LogP contribution in [0.25, 0.3) is 0 Å². The molecule has 0 aliphatic heterocycles. The van der Waals surface area contributed by atoms with Crippen LogP contribution in [0.4, 0.5) is 0 Å². The Hall–Kier alpha value is -0.0500. The number of hydrogen-bond acceptors (Lipinski definition) is 2. The van der Waals surface area contributed by atoms with Gasteiger partial charge in [-0.15, -0.1) is 12.3 Å². The van der Waals surface area contributed by atoms with Crippen LogP contribution in [0.2, 0.25) is 0 Å². The number of aliphatic imine (C=N–C) groups is 1. The molecule has 0 fully saturated rings. The third-order valence-electron chi connectivity index (χ3n) is 0.882. The van der Waals surface area contributed by atoms with Crippen LogP contribution < -0.4 is 34.7 Å². The van der Waals surface area contributed by atoms with Crippen LogP contribution in [-0.2, 0) is 0 Å². The summed E-state index contributed by atoms with van der Waals surface area (Å²) in [5, 5.41) is 10.5. The van der Waals surface area contributed by atoms with Gasteiger partial charge in [0.05, 0.1) is 6.54 Å². The molecule has 0 unspecified atom stereocenters. The molecule has 0 aliphatic carbocycles. The van der Waals surface area contributed by atoms with E-state index in [0.717, 1.165) is 5.71 Å². The number of nitrogens with zero attached hydrogens (tertiary/aromatic N) is 1. The summed E-state index contributed by atoms with van der Waals surface area (Å²) in [6.07, 6.45) is 3.20. The van der Waals surface area contributed by atoms with Crippen molar-refractivity contribution in [3.05, 3.63) is 24.5 Å². The van der Waals surface area contributed by atoms with Crippen molar-refractivity contribution in [2.75, 3.05) is 6.54 Å². The van der Waals surface area contributed by atoms with Crippen LogP contribution in [-0.4, -0.2) is 12.3 Å². The summed E-state index contributed by atoms with van der Waals surface area (Å²) in [5.41, 5.74) is 0.757. The van der Waals surface area contributed by atoms with Gasteiger partial charge in [-0.1, -0.05) is 19.1 Å². The average molecular weight is 161 g/mol. The Balaban J connectivity index is 0. The molecule has 0 bridgehead atoms. The van der Waals surface area contributed by atoms with E-state index in [1.54, 1.807) is 13.0 Å². The Kier molecular flexibility index (Phi) is 9.90. The van der Waals surface area contributed by atoms with Crippen molar-refractivity contribution >= 4 is 5.71 Å². The van der Waals surface area contributed by atoms with Crippen molar-refractivity contribution in [2.24, 2.45) is 4.99 Å². The van der Waals surface area contributed by atoms with Gasteiger partial charge < -0.3 is 5.11 Å². The Morgan fingerprint density at radius 2 is 2.09 bits per heavy atom. The van der Waals surface area contributed by atoms with Gasteiger partial charge in [0, 0.05) is 5.71 Å². The minimum Gasteiger partial charge on any atom is -0.876 e. The maximum Gasteiger partial charge on any atom is 1.00 e. The standard InChI is InChI=1S/C8H13NO.Na/c1-4-5-9-7(2)6-8(3)10;/h4,6,10H,1,5H2,2-3H3;/q;+1/p-1/b8-6-,9-7?;. The predicted molar refractivity (Wildman–Crippen MR) is 41.9 cm³/mol. The zero-order valence-electron chi connectivity index (χ0n) is 7.42. The average Bonchev–Trinajstić information content (AvgIpc) is 1.82. The summed E-state index contributed by atoms with van der Waals surface area (Å²) >= 11 is 0. The van der Waals surface area contributed by atoms with Crippen molar-refractivity contribution < 1.29 is 34.7 Å². The number of allylic oxidation sites excluding steroid dienone is 2. The summed E-state index contributed by atoms with van der Waals surface area (Å²) in [4.78, 5) is 4.00. The van der Waals surface area contributed by atoms with Crippen LogP contribution in [0.1, 0.15) is 13.8 Å². The van der Waals surface area contributed by atoms with Crippen molar-refractivity contribution in [3.8, 4) is 0 Å². The molecule has 11 heavy (non-hydrogen) atoms. The molecule has 0 aromatic carbocycles. The molecule has 0 aromatic rings. The van der Waals surface area contributed by atoms with Gasteiger partial charge in [-0.2, -0.15) is 0 Å². The first-order valence-corrected chi connectivity index (χ1v) is 3.14. The summed E-state index contributed by atoms with van der Waals surface area (Å²) in [6.45, 7) is 7.39. The molecule has 2 nitrogen and oxygen atoms in total. The molecule has 0 rings (SSSR count). The van der Waals surface area contributed by atoms with E-state index in [4.69, 9.17) is 0 Å². The topological polar surface area (TPSA) is 35.4 Å². The van der Waals surface area contributed by atoms with Crippen LogP contribution in [0.5, 0.6) is 0 Å². The molecule has 0 atom stereocenters. The first-order chi connectivity index (χ1) is 4.66. The molecule has 3 heteroatoms. The zero-order valence-corrected chi connectivity index (χ0v) is 9.42. The van der Waals surface area contributed by atoms with Crippen LogP contribution >= 0.6 is 0 Å². The van der Waals surface area contributed by atoms with Crippen molar-refractivity contribution in [1.29, 1.82) is 0 Å². The van der Waals surface area contributed by atoms with Crippen LogP contribution in [0.15, 0.2) is 29.5 Å². The second kappa shape index (κ2) is 8.05. The van der Waals surface area contributed by atoms with E-state index in [2.05, 4.69) is 11.6 Å². The quantitative estimate of drug-likeness (QED) is 0.202. The fraction of sp³-hybridized carbons (Fsp3) is 0.375. The van der Waals surface area contributed by atoms with Gasteiger partial charge in [0.1, 0.15) is 0 Å². The molecule has 0 N–H and O–H groups in total. The second-order valence-corrected chi connectivity index (χ2v) is 2.03. The van der Waals surface area contributed by atoms with E-state index in [-0.39, 0.29) is 35.3 Å². The van der Waals surface area contributed by atoms with Gasteiger partial charge in [-0.25, -0.2) is 0 Å². The SMILES string of the molecule is C=CCN=C(C)/C=C(/C)[O-].[Na+]. The summed E-state index contributed by atoms with van der Waals surface area (Å²) in [5.74, 6) is 0.0327. The van der Waals surface area contributed by atoms with Gasteiger partial charge in [-0.05, 0) is 6.92 Å². The minimum atomic E-state index is 0. The van der Waals surface area contributed by atoms with Gasteiger partial charge >= 0.3 is 29.6 Å². The summed E-state index contributed by atoms with van der Waals surface area (Å²) in [6, 6.07) is 0. The minimum absolute atomic E-state index is 0. The molecule has 0 spiro atoms. The Morgan fingerprint density at radius 1 is 1.55 bits per heavy atom. The van der Waals surface area contributed by atoms with Gasteiger partial charge in [0.15, 0.2) is 0 Å². The van der Waals surface area contributed by atoms with E-state index < -0.39 is 0 Å². The Bertz CT molecular complexity index is 169. The smallest absolute Gasteiger partial charge is 0.876 e. The molecular formula is C8H12NNaO. The first kappa shape index (κ1) is 13.5. The molecule has 56 valence electrons. The van der Waals surface area contributed by atoms with E-state index in [0.29, 0.717) is 6.54 Å². The fourth-order valence-corrected chi connectivity index (χ4v) is 0.548. The third-order valence-corrected chi connectivity index (χ3v) is 0.882.